The molecule has 0 saturated carbocycles. The Morgan fingerprint density at radius 2 is 2.04 bits per heavy atom. The second kappa shape index (κ2) is 5.85. The lowest BCUT2D eigenvalue weighted by Gasteiger charge is -2.05. The molecule has 1 aromatic carbocycles. The lowest BCUT2D eigenvalue weighted by atomic mass is 10.2. The number of rotatable bonds is 4. The molecule has 0 fully saturated rings. The van der Waals surface area contributed by atoms with Crippen LogP contribution < -0.4 is 5.56 Å². The van der Waals surface area contributed by atoms with Crippen molar-refractivity contribution in [3.8, 4) is 0 Å². The summed E-state index contributed by atoms with van der Waals surface area (Å²) in [6, 6.07) is 5.87. The Morgan fingerprint density at radius 1 is 1.38 bits per heavy atom. The SMILES string of the molecule is Cc1c(C(=O)O)sc2ncn(Cc3ccc([N+](=O)[O-])cc3)c(=O)c12. The van der Waals surface area contributed by atoms with Gasteiger partial charge in [-0.3, -0.25) is 19.5 Å². The smallest absolute Gasteiger partial charge is 0.346 e. The zero-order chi connectivity index (χ0) is 17.4. The molecule has 0 radical (unpaired) electrons. The molecule has 0 aliphatic rings. The molecular formula is C15H11N3O5S. The summed E-state index contributed by atoms with van der Waals surface area (Å²) >= 11 is 0.967. The number of hydrogen-bond donors (Lipinski definition) is 1. The minimum atomic E-state index is -1.09. The predicted octanol–water partition coefficient (Wildman–Crippen LogP) is 2.42. The van der Waals surface area contributed by atoms with Crippen LogP contribution in [0.3, 0.4) is 0 Å². The number of carboxylic acids is 1. The van der Waals surface area contributed by atoms with E-state index in [1.165, 1.54) is 23.0 Å². The molecule has 24 heavy (non-hydrogen) atoms. The van der Waals surface area contributed by atoms with Crippen molar-refractivity contribution in [1.29, 1.82) is 0 Å². The maximum Gasteiger partial charge on any atom is 0.346 e. The third kappa shape index (κ3) is 2.65. The average molecular weight is 345 g/mol. The quantitative estimate of drug-likeness (QED) is 0.573. The highest BCUT2D eigenvalue weighted by atomic mass is 32.1. The Labute approximate surface area is 138 Å². The summed E-state index contributed by atoms with van der Waals surface area (Å²) in [6.07, 6.45) is 1.35. The van der Waals surface area contributed by atoms with Gasteiger partial charge in [0.1, 0.15) is 9.71 Å². The Balaban J connectivity index is 2.03. The van der Waals surface area contributed by atoms with E-state index in [0.717, 1.165) is 11.3 Å². The lowest BCUT2D eigenvalue weighted by molar-refractivity contribution is -0.384. The van der Waals surface area contributed by atoms with Crippen molar-refractivity contribution in [3.05, 3.63) is 67.1 Å². The fraction of sp³-hybridized carbons (Fsp3) is 0.133. The number of aryl methyl sites for hydroxylation is 1. The minimum Gasteiger partial charge on any atom is -0.477 e. The fourth-order valence-electron chi connectivity index (χ4n) is 2.40. The van der Waals surface area contributed by atoms with Gasteiger partial charge in [-0.15, -0.1) is 11.3 Å². The van der Waals surface area contributed by atoms with Crippen molar-refractivity contribution in [2.24, 2.45) is 0 Å². The van der Waals surface area contributed by atoms with Crippen molar-refractivity contribution in [2.45, 2.75) is 13.5 Å². The number of hydrogen-bond acceptors (Lipinski definition) is 6. The zero-order valence-electron chi connectivity index (χ0n) is 12.4. The van der Waals surface area contributed by atoms with E-state index in [1.807, 2.05) is 0 Å². The molecule has 0 amide bonds. The number of non-ortho nitro benzene ring substituents is 1. The maximum atomic E-state index is 12.6. The van der Waals surface area contributed by atoms with Crippen LogP contribution in [-0.4, -0.2) is 25.6 Å². The van der Waals surface area contributed by atoms with E-state index >= 15 is 0 Å². The average Bonchev–Trinajstić information content (AvgIpc) is 2.88. The van der Waals surface area contributed by atoms with E-state index in [9.17, 15) is 19.7 Å². The van der Waals surface area contributed by atoms with Gasteiger partial charge in [0.25, 0.3) is 11.2 Å². The first-order chi connectivity index (χ1) is 11.4. The van der Waals surface area contributed by atoms with Crippen LogP contribution >= 0.6 is 11.3 Å². The van der Waals surface area contributed by atoms with Crippen molar-refractivity contribution in [1.82, 2.24) is 9.55 Å². The minimum absolute atomic E-state index is 0.0283. The van der Waals surface area contributed by atoms with Crippen LogP contribution in [0.4, 0.5) is 5.69 Å². The molecule has 0 unspecified atom stereocenters. The van der Waals surface area contributed by atoms with E-state index in [2.05, 4.69) is 4.98 Å². The van der Waals surface area contributed by atoms with Crippen LogP contribution in [0.25, 0.3) is 10.2 Å². The Morgan fingerprint density at radius 3 is 2.62 bits per heavy atom. The van der Waals surface area contributed by atoms with Crippen molar-refractivity contribution in [2.75, 3.05) is 0 Å². The van der Waals surface area contributed by atoms with Crippen LogP contribution in [0.1, 0.15) is 20.8 Å². The first kappa shape index (κ1) is 15.8. The molecule has 2 aromatic heterocycles. The molecular weight excluding hydrogens is 334 g/mol. The number of thiophene rings is 1. The molecule has 3 aromatic rings. The Hall–Kier alpha value is -3.07. The highest BCUT2D eigenvalue weighted by Crippen LogP contribution is 2.26. The molecule has 0 aliphatic carbocycles. The second-order valence-electron chi connectivity index (χ2n) is 5.14. The van der Waals surface area contributed by atoms with Crippen LogP contribution in [0.2, 0.25) is 0 Å². The number of carbonyl (C=O) groups is 1. The number of aromatic carboxylic acids is 1. The fourth-order valence-corrected chi connectivity index (χ4v) is 3.37. The topological polar surface area (TPSA) is 115 Å². The molecule has 0 spiro atoms. The standard InChI is InChI=1S/C15H11N3O5S/c1-8-11-13(24-12(8)15(20)21)16-7-17(14(11)19)6-9-2-4-10(5-3-9)18(22)23/h2-5,7H,6H2,1H3,(H,20,21). The molecule has 0 atom stereocenters. The third-order valence-electron chi connectivity index (χ3n) is 3.61. The van der Waals surface area contributed by atoms with E-state index in [-0.39, 0.29) is 22.7 Å². The summed E-state index contributed by atoms with van der Waals surface area (Å²) in [4.78, 5) is 38.6. The summed E-state index contributed by atoms with van der Waals surface area (Å²) in [7, 11) is 0. The first-order valence-electron chi connectivity index (χ1n) is 6.83. The van der Waals surface area contributed by atoms with Crippen LogP contribution in [-0.2, 0) is 6.54 Å². The second-order valence-corrected chi connectivity index (χ2v) is 6.14. The molecule has 0 saturated heterocycles. The van der Waals surface area contributed by atoms with Gasteiger partial charge in [0.2, 0.25) is 0 Å². The molecule has 0 aliphatic heterocycles. The summed E-state index contributed by atoms with van der Waals surface area (Å²) in [5.41, 5.74) is 0.743. The van der Waals surface area contributed by atoms with E-state index in [0.29, 0.717) is 21.3 Å². The van der Waals surface area contributed by atoms with Crippen molar-refractivity contribution in [3.63, 3.8) is 0 Å². The van der Waals surface area contributed by atoms with Gasteiger partial charge in [-0.05, 0) is 18.1 Å². The Kier molecular flexibility index (Phi) is 3.86. The predicted molar refractivity (Wildman–Crippen MR) is 87.8 cm³/mol. The monoisotopic (exact) mass is 345 g/mol. The van der Waals surface area contributed by atoms with Gasteiger partial charge in [-0.1, -0.05) is 12.1 Å². The number of nitrogens with zero attached hydrogens (tertiary/aromatic N) is 3. The maximum absolute atomic E-state index is 12.6. The largest absolute Gasteiger partial charge is 0.477 e. The molecule has 122 valence electrons. The van der Waals surface area contributed by atoms with Crippen LogP contribution in [0.15, 0.2) is 35.4 Å². The van der Waals surface area contributed by atoms with Gasteiger partial charge in [-0.2, -0.15) is 0 Å². The number of nitro groups is 1. The number of benzene rings is 1. The van der Waals surface area contributed by atoms with Gasteiger partial charge in [0.05, 0.1) is 23.2 Å². The molecule has 9 heteroatoms. The highest BCUT2D eigenvalue weighted by Gasteiger charge is 2.18. The molecule has 0 bridgehead atoms. The first-order valence-corrected chi connectivity index (χ1v) is 7.65. The third-order valence-corrected chi connectivity index (χ3v) is 4.80. The van der Waals surface area contributed by atoms with E-state index < -0.39 is 10.9 Å². The highest BCUT2D eigenvalue weighted by molar-refractivity contribution is 7.20. The zero-order valence-corrected chi connectivity index (χ0v) is 13.2. The van der Waals surface area contributed by atoms with Gasteiger partial charge in [-0.25, -0.2) is 9.78 Å². The number of fused-ring (bicyclic) bond motifs is 1. The van der Waals surface area contributed by atoms with Gasteiger partial charge < -0.3 is 5.11 Å². The van der Waals surface area contributed by atoms with Gasteiger partial charge >= 0.3 is 5.97 Å². The number of carboxylic acid groups (broad SMARTS) is 1. The van der Waals surface area contributed by atoms with Crippen molar-refractivity contribution >= 4 is 33.2 Å². The molecule has 8 nitrogen and oxygen atoms in total. The summed E-state index contributed by atoms with van der Waals surface area (Å²) < 4.78 is 1.36. The number of nitro benzene ring substituents is 1. The van der Waals surface area contributed by atoms with E-state index in [1.54, 1.807) is 19.1 Å². The normalized spacial score (nSPS) is 10.9. The Bertz CT molecular complexity index is 1020. The summed E-state index contributed by atoms with van der Waals surface area (Å²) in [5, 5.41) is 20.1. The molecule has 1 N–H and O–H groups in total. The summed E-state index contributed by atoms with van der Waals surface area (Å²) in [5.74, 6) is -1.09. The van der Waals surface area contributed by atoms with Gasteiger partial charge in [0.15, 0.2) is 0 Å². The lowest BCUT2D eigenvalue weighted by Crippen LogP contribution is -2.21. The number of aromatic nitrogens is 2. The van der Waals surface area contributed by atoms with Crippen LogP contribution in [0, 0.1) is 17.0 Å². The molecule has 2 heterocycles. The summed E-state index contributed by atoms with van der Waals surface area (Å²) in [6.45, 7) is 1.78. The van der Waals surface area contributed by atoms with E-state index in [4.69, 9.17) is 5.11 Å². The molecule has 3 rings (SSSR count). The van der Waals surface area contributed by atoms with Crippen molar-refractivity contribution < 1.29 is 14.8 Å². The van der Waals surface area contributed by atoms with Crippen LogP contribution in [0.5, 0.6) is 0 Å². The van der Waals surface area contributed by atoms with Gasteiger partial charge in [0, 0.05) is 12.1 Å².